The van der Waals surface area contributed by atoms with Crippen molar-refractivity contribution in [3.8, 4) is 5.88 Å². The molecule has 11 heteroatoms. The molecule has 0 aliphatic rings. The minimum atomic E-state index is -4.44. The third-order valence-corrected chi connectivity index (χ3v) is 4.10. The topological polar surface area (TPSA) is 87.6 Å². The lowest BCUT2D eigenvalue weighted by molar-refractivity contribution is -0.154. The molecule has 3 N–H and O–H groups in total. The number of guanidine groups is 1. The zero-order chi connectivity index (χ0) is 22.7. The van der Waals surface area contributed by atoms with Crippen LogP contribution in [0.1, 0.15) is 28.4 Å². The molecule has 1 aromatic heterocycles. The van der Waals surface area contributed by atoms with Crippen LogP contribution in [0.3, 0.4) is 0 Å². The predicted molar refractivity (Wildman–Crippen MR) is 128 cm³/mol. The van der Waals surface area contributed by atoms with Crippen LogP contribution in [0.15, 0.2) is 47.6 Å². The molecule has 1 aromatic carbocycles. The lowest BCUT2D eigenvalue weighted by atomic mass is 10.1. The van der Waals surface area contributed by atoms with Gasteiger partial charge in [-0.05, 0) is 37.1 Å². The van der Waals surface area contributed by atoms with Crippen LogP contribution in [-0.4, -0.2) is 49.8 Å². The maximum Gasteiger partial charge on any atom is 0.422 e. The lowest BCUT2D eigenvalue weighted by Crippen LogP contribution is -2.38. The van der Waals surface area contributed by atoms with E-state index >= 15 is 0 Å². The first-order valence-electron chi connectivity index (χ1n) is 9.79. The van der Waals surface area contributed by atoms with Gasteiger partial charge in [-0.15, -0.1) is 24.0 Å². The van der Waals surface area contributed by atoms with Crippen LogP contribution in [0.2, 0.25) is 0 Å². The van der Waals surface area contributed by atoms with Crippen molar-refractivity contribution in [1.82, 2.24) is 20.9 Å². The molecule has 0 spiro atoms. The molecule has 7 nitrogen and oxygen atoms in total. The molecule has 176 valence electrons. The number of alkyl halides is 3. The summed E-state index contributed by atoms with van der Waals surface area (Å²) in [5.41, 5.74) is 2.02. The first kappa shape index (κ1) is 27.5. The molecule has 0 aliphatic carbocycles. The number of nitrogens with one attached hydrogen (secondary N) is 3. The van der Waals surface area contributed by atoms with Crippen molar-refractivity contribution in [2.45, 2.75) is 26.1 Å². The molecule has 0 bridgehead atoms. The molecule has 0 fully saturated rings. The zero-order valence-electron chi connectivity index (χ0n) is 17.8. The van der Waals surface area contributed by atoms with Gasteiger partial charge in [-0.1, -0.05) is 18.2 Å². The number of amides is 1. The number of pyridine rings is 1. The second-order valence-electron chi connectivity index (χ2n) is 6.52. The maximum absolute atomic E-state index is 12.4. The Balaban J connectivity index is 0.00000512. The molecule has 0 radical (unpaired) electrons. The molecule has 1 amide bonds. The summed E-state index contributed by atoms with van der Waals surface area (Å²) in [6, 6.07) is 10.6. The number of hydrogen-bond acceptors (Lipinski definition) is 4. The number of aromatic nitrogens is 1. The summed E-state index contributed by atoms with van der Waals surface area (Å²) in [4.78, 5) is 20.0. The molecular formula is C21H27F3IN5O2. The van der Waals surface area contributed by atoms with E-state index in [4.69, 9.17) is 4.74 Å². The highest BCUT2D eigenvalue weighted by atomic mass is 127. The lowest BCUT2D eigenvalue weighted by Gasteiger charge is -2.13. The van der Waals surface area contributed by atoms with Crippen molar-refractivity contribution in [2.24, 2.45) is 4.99 Å². The van der Waals surface area contributed by atoms with Crippen LogP contribution in [-0.2, 0) is 13.0 Å². The fraction of sp³-hybridized carbons (Fsp3) is 0.381. The number of carbonyl (C=O) groups excluding carboxylic acids is 1. The number of nitrogens with zero attached hydrogens (tertiary/aromatic N) is 2. The number of carbonyl (C=O) groups is 1. The standard InChI is InChI=1S/C21H26F3N5O2.HI/c1-3-26-20(28-11-9-15-6-4-7-16(12-15)18(30)25-2)29-13-17-8-5-10-27-19(17)31-14-21(22,23)24;/h4-8,10,12H,3,9,11,13-14H2,1-2H3,(H,25,30)(H2,26,28,29);1H. The van der Waals surface area contributed by atoms with E-state index in [-0.39, 0.29) is 42.3 Å². The summed E-state index contributed by atoms with van der Waals surface area (Å²) < 4.78 is 42.1. The van der Waals surface area contributed by atoms with Crippen LogP contribution in [0.5, 0.6) is 5.88 Å². The fourth-order valence-electron chi connectivity index (χ4n) is 2.67. The van der Waals surface area contributed by atoms with Crippen molar-refractivity contribution >= 4 is 35.8 Å². The number of benzene rings is 1. The first-order valence-corrected chi connectivity index (χ1v) is 9.79. The summed E-state index contributed by atoms with van der Waals surface area (Å²) in [7, 11) is 1.58. The van der Waals surface area contributed by atoms with Crippen molar-refractivity contribution in [3.63, 3.8) is 0 Å². The van der Waals surface area contributed by atoms with Gasteiger partial charge in [-0.25, -0.2) is 9.98 Å². The van der Waals surface area contributed by atoms with Crippen molar-refractivity contribution < 1.29 is 22.7 Å². The summed E-state index contributed by atoms with van der Waals surface area (Å²) >= 11 is 0. The van der Waals surface area contributed by atoms with E-state index in [1.807, 2.05) is 25.1 Å². The average molecular weight is 565 g/mol. The van der Waals surface area contributed by atoms with Gasteiger partial charge in [0.25, 0.3) is 5.91 Å². The molecule has 0 saturated heterocycles. The summed E-state index contributed by atoms with van der Waals surface area (Å²) in [6.07, 6.45) is -2.42. The molecule has 1 heterocycles. The Morgan fingerprint density at radius 2 is 1.97 bits per heavy atom. The number of rotatable bonds is 9. The monoisotopic (exact) mass is 565 g/mol. The van der Waals surface area contributed by atoms with Gasteiger partial charge in [0, 0.05) is 37.5 Å². The quantitative estimate of drug-likeness (QED) is 0.247. The normalized spacial score (nSPS) is 11.3. The Morgan fingerprint density at radius 3 is 2.66 bits per heavy atom. The Hall–Kier alpha value is -2.57. The Kier molecular flexibility index (Phi) is 11.8. The van der Waals surface area contributed by atoms with Gasteiger partial charge in [0.15, 0.2) is 12.6 Å². The van der Waals surface area contributed by atoms with E-state index in [1.54, 1.807) is 25.2 Å². The minimum Gasteiger partial charge on any atom is -0.468 e. The highest BCUT2D eigenvalue weighted by Crippen LogP contribution is 2.20. The van der Waals surface area contributed by atoms with Crippen LogP contribution < -0.4 is 20.7 Å². The van der Waals surface area contributed by atoms with E-state index in [2.05, 4.69) is 25.9 Å². The molecular weight excluding hydrogens is 538 g/mol. The summed E-state index contributed by atoms with van der Waals surface area (Å²) in [5, 5.41) is 8.85. The van der Waals surface area contributed by atoms with Crippen LogP contribution in [0.25, 0.3) is 0 Å². The highest BCUT2D eigenvalue weighted by molar-refractivity contribution is 14.0. The summed E-state index contributed by atoms with van der Waals surface area (Å²) in [5.74, 6) is 0.269. The summed E-state index contributed by atoms with van der Waals surface area (Å²) in [6.45, 7) is 1.76. The van der Waals surface area contributed by atoms with Gasteiger partial charge in [0.2, 0.25) is 5.88 Å². The molecule has 2 aromatic rings. The van der Waals surface area contributed by atoms with Crippen LogP contribution in [0.4, 0.5) is 13.2 Å². The Morgan fingerprint density at radius 1 is 1.19 bits per heavy atom. The Bertz CT molecular complexity index is 894. The van der Waals surface area contributed by atoms with Crippen LogP contribution >= 0.6 is 24.0 Å². The smallest absolute Gasteiger partial charge is 0.422 e. The SMILES string of the molecule is CCNC(=NCc1cccnc1OCC(F)(F)F)NCCc1cccc(C(=O)NC)c1.I. The van der Waals surface area contributed by atoms with Gasteiger partial charge in [-0.2, -0.15) is 13.2 Å². The van der Waals surface area contributed by atoms with E-state index < -0.39 is 12.8 Å². The molecule has 0 atom stereocenters. The number of aliphatic imine (C=N–C) groups is 1. The van der Waals surface area contributed by atoms with Crippen LogP contribution in [0, 0.1) is 0 Å². The van der Waals surface area contributed by atoms with Gasteiger partial charge < -0.3 is 20.7 Å². The van der Waals surface area contributed by atoms with Crippen molar-refractivity contribution in [3.05, 3.63) is 59.3 Å². The number of halogens is 4. The fourth-order valence-corrected chi connectivity index (χ4v) is 2.67. The van der Waals surface area contributed by atoms with E-state index in [9.17, 15) is 18.0 Å². The Labute approximate surface area is 202 Å². The second kappa shape index (κ2) is 13.8. The van der Waals surface area contributed by atoms with E-state index in [1.165, 1.54) is 6.20 Å². The third kappa shape index (κ3) is 9.71. The zero-order valence-corrected chi connectivity index (χ0v) is 20.2. The molecule has 0 saturated carbocycles. The minimum absolute atomic E-state index is 0. The molecule has 32 heavy (non-hydrogen) atoms. The van der Waals surface area contributed by atoms with Crippen molar-refractivity contribution in [2.75, 3.05) is 26.7 Å². The van der Waals surface area contributed by atoms with Gasteiger partial charge in [0.1, 0.15) is 0 Å². The molecule has 0 unspecified atom stereocenters. The average Bonchev–Trinajstić information content (AvgIpc) is 2.75. The number of ether oxygens (including phenoxy) is 1. The molecule has 0 aliphatic heterocycles. The highest BCUT2D eigenvalue weighted by Gasteiger charge is 2.29. The number of hydrogen-bond donors (Lipinski definition) is 3. The maximum atomic E-state index is 12.4. The van der Waals surface area contributed by atoms with E-state index in [0.717, 1.165) is 5.56 Å². The van der Waals surface area contributed by atoms with Gasteiger partial charge in [-0.3, -0.25) is 4.79 Å². The largest absolute Gasteiger partial charge is 0.468 e. The van der Waals surface area contributed by atoms with Gasteiger partial charge in [0.05, 0.1) is 6.54 Å². The molecule has 2 rings (SSSR count). The van der Waals surface area contributed by atoms with E-state index in [0.29, 0.717) is 36.6 Å². The van der Waals surface area contributed by atoms with Crippen molar-refractivity contribution in [1.29, 1.82) is 0 Å². The van der Waals surface area contributed by atoms with Gasteiger partial charge >= 0.3 is 6.18 Å². The third-order valence-electron chi connectivity index (χ3n) is 4.10. The predicted octanol–water partition coefficient (Wildman–Crippen LogP) is 3.30. The second-order valence-corrected chi connectivity index (χ2v) is 6.52. The first-order chi connectivity index (χ1) is 14.8.